The number of hydrogen-bond donors (Lipinski definition) is 14. The number of benzene rings is 7. The first kappa shape index (κ1) is 61.0. The van der Waals surface area contributed by atoms with Crippen LogP contribution in [0.15, 0.2) is 141 Å². The van der Waals surface area contributed by atoms with E-state index in [1.807, 2.05) is 0 Å². The topological polar surface area (TPSA) is 627 Å². The van der Waals surface area contributed by atoms with Gasteiger partial charge in [0, 0.05) is 39.7 Å². The van der Waals surface area contributed by atoms with Gasteiger partial charge in [-0.05, 0) is 78.9 Å². The summed E-state index contributed by atoms with van der Waals surface area (Å²) in [5, 5.41) is 53.3. The molecule has 7 aromatic rings. The lowest BCUT2D eigenvalue weighted by molar-refractivity contribution is -0.384. The lowest BCUT2D eigenvalue weighted by atomic mass is 10.1. The van der Waals surface area contributed by atoms with Gasteiger partial charge in [0.2, 0.25) is 0 Å². The first-order valence-corrected chi connectivity index (χ1v) is 28.6. The molecule has 0 aliphatic rings. The van der Waals surface area contributed by atoms with Gasteiger partial charge in [-0.1, -0.05) is 0 Å². The SMILES string of the molecule is Nc1cc(S(=O)(=O)O)c2cc(S(=O)(=O)O)c(N=Nc3cc([N+](=O)[O-])ccc3C(=O)O)c(O)c2c1N.Nc1ccc(N=Nc2c(S(=O)(=O)O)cc3c(S(=O)(=O)O)c(N)ccc3c2O)c(S(=O)(=O)O)c1.Nc1ccc(S(=O)(=O)O)cc1. The van der Waals surface area contributed by atoms with Crippen LogP contribution in [0.25, 0.3) is 21.5 Å². The maximum Gasteiger partial charge on any atom is 0.337 e. The Morgan fingerprint density at radius 3 is 1.44 bits per heavy atom. The number of carbonyl (C=O) groups is 1. The van der Waals surface area contributed by atoms with Crippen molar-refractivity contribution in [1.29, 1.82) is 0 Å². The van der Waals surface area contributed by atoms with E-state index in [4.69, 9.17) is 33.2 Å². The van der Waals surface area contributed by atoms with E-state index in [-0.39, 0.29) is 16.0 Å². The predicted octanol–water partition coefficient (Wildman–Crippen LogP) is 4.61. The number of non-ortho nitro benzene ring substituents is 1. The Bertz CT molecular complexity index is 4510. The minimum absolute atomic E-state index is 0.0657. The lowest BCUT2D eigenvalue weighted by Crippen LogP contribution is -2.06. The third-order valence-electron chi connectivity index (χ3n) is 10.1. The minimum Gasteiger partial charge on any atom is -0.505 e. The zero-order valence-corrected chi connectivity index (χ0v) is 43.3. The summed E-state index contributed by atoms with van der Waals surface area (Å²) in [5.41, 5.74) is 22.4. The van der Waals surface area contributed by atoms with E-state index in [0.29, 0.717) is 30.0 Å². The van der Waals surface area contributed by atoms with Crippen LogP contribution in [0, 0.1) is 10.1 Å². The molecule has 0 heterocycles. The van der Waals surface area contributed by atoms with Crippen molar-refractivity contribution in [3.63, 3.8) is 0 Å². The number of carboxylic acids is 1. The largest absolute Gasteiger partial charge is 0.505 e. The number of hydrogen-bond acceptors (Lipinski definition) is 26. The normalized spacial score (nSPS) is 12.5. The number of aromatic hydroxyl groups is 2. The molecular formula is C39H34N10O24S6. The highest BCUT2D eigenvalue weighted by molar-refractivity contribution is 7.87. The zero-order chi connectivity index (χ0) is 59.9. The van der Waals surface area contributed by atoms with Crippen LogP contribution in [0.1, 0.15) is 10.4 Å². The van der Waals surface area contributed by atoms with Gasteiger partial charge in [-0.15, -0.1) is 20.5 Å². The number of nitrogen functional groups attached to an aromatic ring is 5. The molecule has 0 aromatic heterocycles. The van der Waals surface area contributed by atoms with Crippen LogP contribution in [-0.2, 0) is 60.7 Å². The fourth-order valence-corrected chi connectivity index (χ4v) is 10.6. The zero-order valence-electron chi connectivity index (χ0n) is 38.4. The Balaban J connectivity index is 0.000000244. The fourth-order valence-electron chi connectivity index (χ4n) is 6.60. The molecule has 7 rings (SSSR count). The van der Waals surface area contributed by atoms with Crippen molar-refractivity contribution in [1.82, 2.24) is 0 Å². The molecule has 79 heavy (non-hydrogen) atoms. The summed E-state index contributed by atoms with van der Waals surface area (Å²) in [6.45, 7) is 0. The van der Waals surface area contributed by atoms with Crippen molar-refractivity contribution >= 4 is 145 Å². The number of nitrogens with two attached hydrogens (primary N) is 5. The van der Waals surface area contributed by atoms with Crippen molar-refractivity contribution in [3.8, 4) is 11.5 Å². The number of nitrogens with zero attached hydrogens (tertiary/aromatic N) is 5. The number of fused-ring (bicyclic) bond motifs is 2. The summed E-state index contributed by atoms with van der Waals surface area (Å²) in [7, 11) is -29.4. The molecule has 19 N–H and O–H groups in total. The minimum atomic E-state index is -5.27. The number of phenolic OH excluding ortho intramolecular Hbond substituents is 2. The van der Waals surface area contributed by atoms with Gasteiger partial charge in [0.15, 0.2) is 11.5 Å². The molecule has 40 heteroatoms. The maximum absolute atomic E-state index is 12.0. The van der Waals surface area contributed by atoms with Crippen LogP contribution in [0.4, 0.5) is 56.9 Å². The quantitative estimate of drug-likeness (QED) is 0.0261. The molecule has 34 nitrogen and oxygen atoms in total. The molecule has 0 radical (unpaired) electrons. The van der Waals surface area contributed by atoms with Crippen LogP contribution in [0.3, 0.4) is 0 Å². The van der Waals surface area contributed by atoms with Crippen LogP contribution in [0.2, 0.25) is 0 Å². The molecule has 0 saturated heterocycles. The molecule has 420 valence electrons. The van der Waals surface area contributed by atoms with Crippen molar-refractivity contribution in [2.24, 2.45) is 20.5 Å². The van der Waals surface area contributed by atoms with Gasteiger partial charge in [-0.2, -0.15) is 50.5 Å². The van der Waals surface area contributed by atoms with Crippen LogP contribution >= 0.6 is 0 Å². The third-order valence-corrected chi connectivity index (χ3v) is 15.4. The van der Waals surface area contributed by atoms with E-state index >= 15 is 0 Å². The van der Waals surface area contributed by atoms with Crippen molar-refractivity contribution in [2.45, 2.75) is 29.4 Å². The number of carboxylic acid groups (broad SMARTS) is 1. The van der Waals surface area contributed by atoms with Crippen molar-refractivity contribution < 1.29 is 103 Å². The molecule has 0 atom stereocenters. The summed E-state index contributed by atoms with van der Waals surface area (Å²) in [6, 6.07) is 14.6. The molecule has 0 fully saturated rings. The fraction of sp³-hybridized carbons (Fsp3) is 0. The Kier molecular flexibility index (Phi) is 16.9. The average molecular weight is 1220 g/mol. The highest BCUT2D eigenvalue weighted by Gasteiger charge is 2.30. The van der Waals surface area contributed by atoms with E-state index in [0.717, 1.165) is 36.4 Å². The van der Waals surface area contributed by atoms with Gasteiger partial charge in [0.1, 0.15) is 47.2 Å². The second kappa shape index (κ2) is 21.9. The van der Waals surface area contributed by atoms with Crippen LogP contribution in [0.5, 0.6) is 11.5 Å². The number of nitro groups is 1. The van der Waals surface area contributed by atoms with Gasteiger partial charge in [0.05, 0.1) is 37.8 Å². The van der Waals surface area contributed by atoms with E-state index in [1.54, 1.807) is 0 Å². The predicted molar refractivity (Wildman–Crippen MR) is 273 cm³/mol. The average Bonchev–Trinajstić information content (AvgIpc) is 3.41. The van der Waals surface area contributed by atoms with E-state index < -0.39 is 175 Å². The number of rotatable bonds is 12. The lowest BCUT2D eigenvalue weighted by Gasteiger charge is -2.14. The molecular weight excluding hydrogens is 1180 g/mol. The van der Waals surface area contributed by atoms with E-state index in [1.165, 1.54) is 30.3 Å². The maximum atomic E-state index is 12.0. The van der Waals surface area contributed by atoms with Crippen molar-refractivity contribution in [3.05, 3.63) is 107 Å². The number of anilines is 5. The Morgan fingerprint density at radius 2 is 0.962 bits per heavy atom. The van der Waals surface area contributed by atoms with Gasteiger partial charge in [0.25, 0.3) is 66.4 Å². The monoisotopic (exact) mass is 1220 g/mol. The second-order valence-corrected chi connectivity index (χ2v) is 23.7. The standard InChI is InChI=1S/C17H13N5O11S2.C16H14N4O10S3.C6H7NO3S/c18-9-5-11(34(28,29)30)8-4-12(35(31,32)33)15(16(23)13(8)14(9)19)21-20-10-3-6(22(26)27)1-2-7(10)17(24)25;17-7-1-4-11(12(5-7)31(22,23)24)19-20-14-13(32(25,26)27)6-9-8(15(14)21)2-3-10(18)16(9)33(28,29)30;7-5-1-3-6(4-2-5)11(8,9)10/h1-5,23H,18-19H2,(H,24,25)(H,28,29,30)(H,31,32,33);1-6,21H,17-18H2,(H,22,23,24)(H,25,26,27)(H,28,29,30);1-4H,7H2,(H,8,9,10). The second-order valence-electron chi connectivity index (χ2n) is 15.3. The molecule has 0 spiro atoms. The summed E-state index contributed by atoms with van der Waals surface area (Å²) < 4.78 is 195. The number of aromatic carboxylic acids is 1. The molecule has 0 unspecified atom stereocenters. The summed E-state index contributed by atoms with van der Waals surface area (Å²) in [6.07, 6.45) is 0. The summed E-state index contributed by atoms with van der Waals surface area (Å²) in [4.78, 5) is 16.4. The Labute approximate surface area is 442 Å². The van der Waals surface area contributed by atoms with E-state index in [2.05, 4.69) is 20.5 Å². The van der Waals surface area contributed by atoms with Crippen molar-refractivity contribution in [2.75, 3.05) is 28.7 Å². The number of phenols is 2. The van der Waals surface area contributed by atoms with Crippen LogP contribution in [-0.4, -0.2) is 104 Å². The Hall–Kier alpha value is -8.81. The van der Waals surface area contributed by atoms with Crippen LogP contribution < -0.4 is 28.7 Å². The molecule has 0 bridgehead atoms. The highest BCUT2D eigenvalue weighted by Crippen LogP contribution is 2.48. The van der Waals surface area contributed by atoms with Gasteiger partial charge in [-0.25, -0.2) is 4.79 Å². The van der Waals surface area contributed by atoms with Gasteiger partial charge in [-0.3, -0.25) is 37.4 Å². The third kappa shape index (κ3) is 13.8. The number of azo groups is 2. The number of nitro benzene ring substituents is 1. The molecule has 0 saturated carbocycles. The summed E-state index contributed by atoms with van der Waals surface area (Å²) >= 11 is 0. The first-order chi connectivity index (χ1) is 36.0. The summed E-state index contributed by atoms with van der Waals surface area (Å²) in [5.74, 6) is -3.75. The highest BCUT2D eigenvalue weighted by atomic mass is 32.2. The van der Waals surface area contributed by atoms with Gasteiger partial charge >= 0.3 is 5.97 Å². The first-order valence-electron chi connectivity index (χ1n) is 20.0. The van der Waals surface area contributed by atoms with Gasteiger partial charge < -0.3 is 44.0 Å². The van der Waals surface area contributed by atoms with E-state index in [9.17, 15) is 103 Å². The Morgan fingerprint density at radius 1 is 0.468 bits per heavy atom. The molecule has 0 amide bonds. The molecule has 0 aliphatic carbocycles. The molecule has 0 aliphatic heterocycles. The smallest absolute Gasteiger partial charge is 0.337 e. The molecule has 7 aromatic carbocycles.